The van der Waals surface area contributed by atoms with Gasteiger partial charge in [0.1, 0.15) is 0 Å². The van der Waals surface area contributed by atoms with Crippen molar-refractivity contribution in [2.24, 2.45) is 11.7 Å². The smallest absolute Gasteiger partial charge is 0.317 e. The van der Waals surface area contributed by atoms with Crippen molar-refractivity contribution in [2.45, 2.75) is 45.6 Å². The topological polar surface area (TPSA) is 58.4 Å². The van der Waals surface area contributed by atoms with Crippen molar-refractivity contribution in [1.82, 2.24) is 10.2 Å². The average Bonchev–Trinajstić information content (AvgIpc) is 2.34. The van der Waals surface area contributed by atoms with Gasteiger partial charge in [0, 0.05) is 25.7 Å². The second-order valence-electron chi connectivity index (χ2n) is 4.61. The number of carbonyl (C=O) groups excluding carboxylic acids is 1. The number of amides is 2. The molecule has 2 atom stereocenters. The van der Waals surface area contributed by atoms with E-state index < -0.39 is 0 Å². The van der Waals surface area contributed by atoms with Gasteiger partial charge in [-0.25, -0.2) is 4.79 Å². The Bertz CT molecular complexity index is 220. The van der Waals surface area contributed by atoms with E-state index in [0.717, 1.165) is 38.3 Å². The number of hydrogen-bond donors (Lipinski definition) is 2. The van der Waals surface area contributed by atoms with Gasteiger partial charge in [-0.1, -0.05) is 20.3 Å². The first-order valence-electron chi connectivity index (χ1n) is 6.47. The lowest BCUT2D eigenvalue weighted by atomic mass is 9.89. The van der Waals surface area contributed by atoms with Gasteiger partial charge in [-0.05, 0) is 25.2 Å². The van der Waals surface area contributed by atoms with Crippen molar-refractivity contribution in [3.8, 4) is 0 Å². The predicted octanol–water partition coefficient (Wildman–Crippen LogP) is 1.56. The third-order valence-electron chi connectivity index (χ3n) is 3.46. The molecule has 0 saturated carbocycles. The molecule has 1 fully saturated rings. The molecule has 0 aromatic carbocycles. The fourth-order valence-corrected chi connectivity index (χ4v) is 2.33. The third kappa shape index (κ3) is 3.37. The molecule has 0 aromatic heterocycles. The van der Waals surface area contributed by atoms with E-state index in [1.165, 1.54) is 6.42 Å². The number of carbonyl (C=O) groups is 1. The van der Waals surface area contributed by atoms with Crippen LogP contribution in [0.4, 0.5) is 4.79 Å². The standard InChI is InChI=1S/C12H25N3O/c1-3-6-14-12(16)15-7-5-10(4-2)8-11(15)9-13/h10-11H,3-9,13H2,1-2H3,(H,14,16). The van der Waals surface area contributed by atoms with Crippen molar-refractivity contribution in [1.29, 1.82) is 0 Å². The van der Waals surface area contributed by atoms with Crippen LogP contribution in [0.1, 0.15) is 39.5 Å². The largest absolute Gasteiger partial charge is 0.338 e. The lowest BCUT2D eigenvalue weighted by molar-refractivity contribution is 0.129. The Balaban J connectivity index is 2.49. The van der Waals surface area contributed by atoms with E-state index in [-0.39, 0.29) is 12.1 Å². The predicted molar refractivity (Wildman–Crippen MR) is 66.3 cm³/mol. The number of rotatable bonds is 4. The van der Waals surface area contributed by atoms with Gasteiger partial charge in [0.2, 0.25) is 0 Å². The van der Waals surface area contributed by atoms with E-state index in [4.69, 9.17) is 5.73 Å². The van der Waals surface area contributed by atoms with Crippen LogP contribution >= 0.6 is 0 Å². The highest BCUT2D eigenvalue weighted by molar-refractivity contribution is 5.74. The molecule has 4 nitrogen and oxygen atoms in total. The summed E-state index contributed by atoms with van der Waals surface area (Å²) in [5, 5.41) is 2.93. The van der Waals surface area contributed by atoms with Crippen LogP contribution in [0.2, 0.25) is 0 Å². The number of urea groups is 1. The van der Waals surface area contributed by atoms with Crippen molar-refractivity contribution < 1.29 is 4.79 Å². The highest BCUT2D eigenvalue weighted by Crippen LogP contribution is 2.24. The van der Waals surface area contributed by atoms with Crippen LogP contribution in [0.25, 0.3) is 0 Å². The Labute approximate surface area is 98.6 Å². The van der Waals surface area contributed by atoms with E-state index in [1.54, 1.807) is 0 Å². The summed E-state index contributed by atoms with van der Waals surface area (Å²) in [5.74, 6) is 0.740. The molecule has 0 spiro atoms. The molecule has 3 N–H and O–H groups in total. The molecule has 0 aromatic rings. The molecule has 1 saturated heterocycles. The SMILES string of the molecule is CCCNC(=O)N1CCC(CC)CC1CN. The fraction of sp³-hybridized carbons (Fsp3) is 0.917. The minimum Gasteiger partial charge on any atom is -0.338 e. The average molecular weight is 227 g/mol. The third-order valence-corrected chi connectivity index (χ3v) is 3.46. The first-order chi connectivity index (χ1) is 7.72. The molecule has 1 rings (SSSR count). The molecule has 0 aliphatic carbocycles. The van der Waals surface area contributed by atoms with Gasteiger partial charge in [-0.2, -0.15) is 0 Å². The van der Waals surface area contributed by atoms with Crippen LogP contribution in [0.15, 0.2) is 0 Å². The first-order valence-corrected chi connectivity index (χ1v) is 6.47. The highest BCUT2D eigenvalue weighted by Gasteiger charge is 2.29. The van der Waals surface area contributed by atoms with Crippen LogP contribution in [-0.2, 0) is 0 Å². The van der Waals surface area contributed by atoms with E-state index in [1.807, 2.05) is 4.90 Å². The molecule has 16 heavy (non-hydrogen) atoms. The monoisotopic (exact) mass is 227 g/mol. The minimum absolute atomic E-state index is 0.0619. The summed E-state index contributed by atoms with van der Waals surface area (Å²) in [5.41, 5.74) is 5.76. The molecule has 94 valence electrons. The quantitative estimate of drug-likeness (QED) is 0.765. The van der Waals surface area contributed by atoms with Crippen LogP contribution in [-0.4, -0.2) is 36.6 Å². The zero-order valence-corrected chi connectivity index (χ0v) is 10.5. The number of nitrogens with zero attached hydrogens (tertiary/aromatic N) is 1. The van der Waals surface area contributed by atoms with Crippen LogP contribution < -0.4 is 11.1 Å². The Morgan fingerprint density at radius 3 is 2.81 bits per heavy atom. The van der Waals surface area contributed by atoms with Crippen molar-refractivity contribution in [3.63, 3.8) is 0 Å². The molecule has 1 aliphatic rings. The summed E-state index contributed by atoms with van der Waals surface area (Å²) >= 11 is 0. The molecule has 4 heteroatoms. The summed E-state index contributed by atoms with van der Waals surface area (Å²) in [6.07, 6.45) is 4.35. The van der Waals surface area contributed by atoms with Gasteiger partial charge in [0.15, 0.2) is 0 Å². The zero-order chi connectivity index (χ0) is 12.0. The number of hydrogen-bond acceptors (Lipinski definition) is 2. The fourth-order valence-electron chi connectivity index (χ4n) is 2.33. The number of nitrogens with two attached hydrogens (primary N) is 1. The maximum absolute atomic E-state index is 11.9. The summed E-state index contributed by atoms with van der Waals surface area (Å²) in [6, 6.07) is 0.294. The zero-order valence-electron chi connectivity index (χ0n) is 10.5. The van der Waals surface area contributed by atoms with Gasteiger partial charge < -0.3 is 16.0 Å². The normalized spacial score (nSPS) is 25.6. The first kappa shape index (κ1) is 13.3. The van der Waals surface area contributed by atoms with E-state index in [2.05, 4.69) is 19.2 Å². The highest BCUT2D eigenvalue weighted by atomic mass is 16.2. The van der Waals surface area contributed by atoms with Crippen LogP contribution in [0.3, 0.4) is 0 Å². The molecule has 0 radical (unpaired) electrons. The van der Waals surface area contributed by atoms with Crippen LogP contribution in [0, 0.1) is 5.92 Å². The maximum atomic E-state index is 11.9. The van der Waals surface area contributed by atoms with Gasteiger partial charge in [0.25, 0.3) is 0 Å². The Morgan fingerprint density at radius 2 is 2.25 bits per heavy atom. The van der Waals surface area contributed by atoms with Gasteiger partial charge in [-0.15, -0.1) is 0 Å². The maximum Gasteiger partial charge on any atom is 0.317 e. The Kier molecular flexibility index (Phi) is 5.60. The molecule has 0 bridgehead atoms. The molecule has 1 aliphatic heterocycles. The lowest BCUT2D eigenvalue weighted by Crippen LogP contribution is -2.53. The van der Waals surface area contributed by atoms with Gasteiger partial charge >= 0.3 is 6.03 Å². The van der Waals surface area contributed by atoms with Crippen molar-refractivity contribution in [2.75, 3.05) is 19.6 Å². The number of likely N-dealkylation sites (tertiary alicyclic amines) is 1. The van der Waals surface area contributed by atoms with Crippen molar-refractivity contribution >= 4 is 6.03 Å². The summed E-state index contributed by atoms with van der Waals surface area (Å²) in [7, 11) is 0. The van der Waals surface area contributed by atoms with E-state index in [9.17, 15) is 4.79 Å². The van der Waals surface area contributed by atoms with Crippen LogP contribution in [0.5, 0.6) is 0 Å². The van der Waals surface area contributed by atoms with Crippen molar-refractivity contribution in [3.05, 3.63) is 0 Å². The second kappa shape index (κ2) is 6.74. The molecule has 2 unspecified atom stereocenters. The summed E-state index contributed by atoms with van der Waals surface area (Å²) < 4.78 is 0. The molecule has 2 amide bonds. The van der Waals surface area contributed by atoms with E-state index in [0.29, 0.717) is 6.54 Å². The summed E-state index contributed by atoms with van der Waals surface area (Å²) in [4.78, 5) is 13.8. The van der Waals surface area contributed by atoms with Gasteiger partial charge in [0.05, 0.1) is 0 Å². The Hall–Kier alpha value is -0.770. The lowest BCUT2D eigenvalue weighted by Gasteiger charge is -2.38. The minimum atomic E-state index is 0.0619. The molecular formula is C12H25N3O. The number of piperidine rings is 1. The Morgan fingerprint density at radius 1 is 1.50 bits per heavy atom. The van der Waals surface area contributed by atoms with Gasteiger partial charge in [-0.3, -0.25) is 0 Å². The molecule has 1 heterocycles. The second-order valence-corrected chi connectivity index (χ2v) is 4.61. The number of nitrogens with one attached hydrogen (secondary N) is 1. The molecular weight excluding hydrogens is 202 g/mol. The summed E-state index contributed by atoms with van der Waals surface area (Å²) in [6.45, 7) is 6.46. The van der Waals surface area contributed by atoms with E-state index >= 15 is 0 Å².